The molecule has 1 aromatic rings. The molecule has 0 radical (unpaired) electrons. The van der Waals surface area contributed by atoms with E-state index in [2.05, 4.69) is 15.4 Å². The topological polar surface area (TPSA) is 106 Å². The average molecular weight is 259 g/mol. The lowest BCUT2D eigenvalue weighted by Crippen LogP contribution is -2.29. The summed E-state index contributed by atoms with van der Waals surface area (Å²) in [6.45, 7) is 0.956. The highest BCUT2D eigenvalue weighted by Crippen LogP contribution is 1.99. The Morgan fingerprint density at radius 2 is 2.41 bits per heavy atom. The number of amides is 1. The van der Waals surface area contributed by atoms with Gasteiger partial charge in [-0.05, 0) is 12.2 Å². The molecule has 0 spiro atoms. The fourth-order valence-electron chi connectivity index (χ4n) is 1.12. The minimum absolute atomic E-state index is 0.113. The van der Waals surface area contributed by atoms with Crippen molar-refractivity contribution in [1.29, 1.82) is 0 Å². The molecule has 0 unspecified atom stereocenters. The van der Waals surface area contributed by atoms with Crippen LogP contribution in [0.5, 0.6) is 0 Å². The summed E-state index contributed by atoms with van der Waals surface area (Å²) in [7, 11) is 0. The van der Waals surface area contributed by atoms with Gasteiger partial charge in [-0.25, -0.2) is 9.67 Å². The summed E-state index contributed by atoms with van der Waals surface area (Å²) in [4.78, 5) is 15.1. The molecule has 0 aliphatic rings. The van der Waals surface area contributed by atoms with Crippen molar-refractivity contribution in [3.05, 3.63) is 6.33 Å². The number of thioether (sulfide) groups is 1. The van der Waals surface area contributed by atoms with Gasteiger partial charge in [-0.15, -0.1) is 5.10 Å². The molecule has 0 aromatic carbocycles. The van der Waals surface area contributed by atoms with Crippen molar-refractivity contribution in [3.8, 4) is 0 Å². The van der Waals surface area contributed by atoms with Crippen LogP contribution in [0.4, 0.5) is 5.95 Å². The van der Waals surface area contributed by atoms with Crippen molar-refractivity contribution in [2.45, 2.75) is 13.0 Å². The second-order valence-corrected chi connectivity index (χ2v) is 4.56. The number of nitrogens with one attached hydrogen (secondary N) is 1. The fourth-order valence-corrected chi connectivity index (χ4v) is 1.90. The van der Waals surface area contributed by atoms with Crippen LogP contribution >= 0.6 is 11.8 Å². The fraction of sp³-hybridized carbons (Fsp3) is 0.667. The van der Waals surface area contributed by atoms with Gasteiger partial charge in [0, 0.05) is 18.9 Å². The summed E-state index contributed by atoms with van der Waals surface area (Å²) in [5, 5.41) is 15.1. The van der Waals surface area contributed by atoms with Crippen LogP contribution in [0.15, 0.2) is 6.33 Å². The first kappa shape index (κ1) is 13.8. The number of carbonyl (C=O) groups excluding carboxylic acids is 1. The first-order valence-electron chi connectivity index (χ1n) is 5.32. The zero-order valence-electron chi connectivity index (χ0n) is 9.50. The Labute approximate surface area is 104 Å². The van der Waals surface area contributed by atoms with Crippen molar-refractivity contribution >= 4 is 23.6 Å². The molecule has 4 N–H and O–H groups in total. The molecule has 0 aliphatic heterocycles. The number of aliphatic hydroxyl groups excluding tert-OH is 1. The van der Waals surface area contributed by atoms with E-state index in [0.29, 0.717) is 6.54 Å². The summed E-state index contributed by atoms with van der Waals surface area (Å²) in [6, 6.07) is 0. The summed E-state index contributed by atoms with van der Waals surface area (Å²) in [5.41, 5.74) is 5.32. The first-order valence-corrected chi connectivity index (χ1v) is 6.48. The van der Waals surface area contributed by atoms with Gasteiger partial charge in [-0.1, -0.05) is 0 Å². The average Bonchev–Trinajstić information content (AvgIpc) is 2.69. The van der Waals surface area contributed by atoms with Gasteiger partial charge in [0.05, 0.1) is 0 Å². The Morgan fingerprint density at radius 3 is 3.06 bits per heavy atom. The Hall–Kier alpha value is -1.28. The lowest BCUT2D eigenvalue weighted by atomic mass is 10.5. The van der Waals surface area contributed by atoms with E-state index in [1.807, 2.05) is 0 Å². The van der Waals surface area contributed by atoms with E-state index in [9.17, 15) is 4.79 Å². The maximum atomic E-state index is 11.4. The molecular weight excluding hydrogens is 242 g/mol. The van der Waals surface area contributed by atoms with Crippen LogP contribution in [0.2, 0.25) is 0 Å². The number of carbonyl (C=O) groups is 1. The van der Waals surface area contributed by atoms with Gasteiger partial charge in [0.25, 0.3) is 0 Å². The molecule has 1 aromatic heterocycles. The molecule has 0 fully saturated rings. The van der Waals surface area contributed by atoms with E-state index >= 15 is 0 Å². The van der Waals surface area contributed by atoms with E-state index in [4.69, 9.17) is 10.8 Å². The molecule has 1 amide bonds. The second kappa shape index (κ2) is 7.91. The minimum Gasteiger partial charge on any atom is -0.396 e. The summed E-state index contributed by atoms with van der Waals surface area (Å²) < 4.78 is 1.39. The number of hydrogen-bond donors (Lipinski definition) is 3. The van der Waals surface area contributed by atoms with Gasteiger partial charge in [-0.3, -0.25) is 4.79 Å². The van der Waals surface area contributed by atoms with Crippen LogP contribution in [0.25, 0.3) is 0 Å². The molecule has 17 heavy (non-hydrogen) atoms. The smallest absolute Gasteiger partial charge is 0.241 e. The number of hydrogen-bond acceptors (Lipinski definition) is 6. The molecule has 1 rings (SSSR count). The quantitative estimate of drug-likeness (QED) is 0.522. The molecule has 8 heteroatoms. The van der Waals surface area contributed by atoms with Crippen LogP contribution < -0.4 is 11.1 Å². The van der Waals surface area contributed by atoms with Crippen LogP contribution in [0.1, 0.15) is 6.42 Å². The molecule has 0 saturated carbocycles. The number of aromatic nitrogens is 3. The summed E-state index contributed by atoms with van der Waals surface area (Å²) >= 11 is 1.70. The highest BCUT2D eigenvalue weighted by molar-refractivity contribution is 7.99. The van der Waals surface area contributed by atoms with Gasteiger partial charge in [0.15, 0.2) is 0 Å². The third kappa shape index (κ3) is 6.12. The van der Waals surface area contributed by atoms with E-state index in [-0.39, 0.29) is 25.0 Å². The summed E-state index contributed by atoms with van der Waals surface area (Å²) in [6.07, 6.45) is 2.21. The van der Waals surface area contributed by atoms with Crippen molar-refractivity contribution in [2.75, 3.05) is 30.4 Å². The van der Waals surface area contributed by atoms with Gasteiger partial charge < -0.3 is 16.2 Å². The van der Waals surface area contributed by atoms with Crippen molar-refractivity contribution in [2.24, 2.45) is 0 Å². The predicted octanol–water partition coefficient (Wildman–Crippen LogP) is -0.908. The van der Waals surface area contributed by atoms with Crippen LogP contribution in [-0.2, 0) is 11.3 Å². The minimum atomic E-state index is -0.113. The van der Waals surface area contributed by atoms with Crippen LogP contribution in [0, 0.1) is 0 Å². The Balaban J connectivity index is 2.05. The zero-order chi connectivity index (χ0) is 12.5. The third-order valence-corrected chi connectivity index (χ3v) is 2.95. The maximum absolute atomic E-state index is 11.4. The second-order valence-electron chi connectivity index (χ2n) is 3.34. The number of nitrogen functional groups attached to an aromatic ring is 1. The lowest BCUT2D eigenvalue weighted by molar-refractivity contribution is -0.121. The monoisotopic (exact) mass is 259 g/mol. The SMILES string of the molecule is Nc1ncn(CC(=O)NCCSCCCO)n1. The molecule has 0 saturated heterocycles. The maximum Gasteiger partial charge on any atom is 0.241 e. The lowest BCUT2D eigenvalue weighted by Gasteiger charge is -2.04. The predicted molar refractivity (Wildman–Crippen MR) is 66.5 cm³/mol. The Morgan fingerprint density at radius 1 is 1.59 bits per heavy atom. The zero-order valence-corrected chi connectivity index (χ0v) is 10.3. The van der Waals surface area contributed by atoms with Gasteiger partial charge >= 0.3 is 0 Å². The van der Waals surface area contributed by atoms with E-state index in [1.54, 1.807) is 11.8 Å². The Bertz CT molecular complexity index is 344. The van der Waals surface area contributed by atoms with Crippen molar-refractivity contribution < 1.29 is 9.90 Å². The van der Waals surface area contributed by atoms with Crippen molar-refractivity contribution in [3.63, 3.8) is 0 Å². The normalized spacial score (nSPS) is 10.4. The molecule has 0 bridgehead atoms. The molecule has 0 atom stereocenters. The van der Waals surface area contributed by atoms with Gasteiger partial charge in [0.2, 0.25) is 11.9 Å². The third-order valence-electron chi connectivity index (χ3n) is 1.88. The number of nitrogens with zero attached hydrogens (tertiary/aromatic N) is 3. The number of aliphatic hydroxyl groups is 1. The van der Waals surface area contributed by atoms with Crippen LogP contribution in [-0.4, -0.2) is 50.4 Å². The first-order chi connectivity index (χ1) is 8.22. The molecule has 96 valence electrons. The molecular formula is C9H17N5O2S. The van der Waals surface area contributed by atoms with Crippen LogP contribution in [0.3, 0.4) is 0 Å². The van der Waals surface area contributed by atoms with E-state index in [0.717, 1.165) is 17.9 Å². The van der Waals surface area contributed by atoms with E-state index < -0.39 is 0 Å². The van der Waals surface area contributed by atoms with E-state index in [1.165, 1.54) is 11.0 Å². The number of anilines is 1. The molecule has 0 aliphatic carbocycles. The number of rotatable bonds is 8. The largest absolute Gasteiger partial charge is 0.396 e. The van der Waals surface area contributed by atoms with Crippen molar-refractivity contribution in [1.82, 2.24) is 20.1 Å². The summed E-state index contributed by atoms with van der Waals surface area (Å²) in [5.74, 6) is 1.80. The van der Waals surface area contributed by atoms with Gasteiger partial charge in [0.1, 0.15) is 12.9 Å². The van der Waals surface area contributed by atoms with Gasteiger partial charge in [-0.2, -0.15) is 11.8 Å². The highest BCUT2D eigenvalue weighted by atomic mass is 32.2. The molecule has 1 heterocycles. The molecule has 7 nitrogen and oxygen atoms in total. The standard InChI is InChI=1S/C9H17N5O2S/c10-9-12-7-14(13-9)6-8(16)11-2-5-17-4-1-3-15/h7,15H,1-6H2,(H2,10,13)(H,11,16). The number of nitrogens with two attached hydrogens (primary N) is 1. The highest BCUT2D eigenvalue weighted by Gasteiger charge is 2.03. The Kier molecular flexibility index (Phi) is 6.41.